The first-order chi connectivity index (χ1) is 12.2. The molecule has 0 aliphatic heterocycles. The minimum atomic E-state index is 0.614. The van der Waals surface area contributed by atoms with Crippen LogP contribution in [0.15, 0.2) is 71.2 Å². The predicted octanol–water partition coefficient (Wildman–Crippen LogP) is 2.88. The third kappa shape index (κ3) is 3.12. The quantitative estimate of drug-likeness (QED) is 0.573. The van der Waals surface area contributed by atoms with E-state index in [1.165, 1.54) is 0 Å². The number of hydrogen-bond acceptors (Lipinski definition) is 4. The van der Waals surface area contributed by atoms with Crippen molar-refractivity contribution in [1.29, 1.82) is 0 Å². The Hall–Kier alpha value is -3.48. The van der Waals surface area contributed by atoms with Crippen molar-refractivity contribution in [3.8, 4) is 0 Å². The molecule has 0 bridgehead atoms. The summed E-state index contributed by atoms with van der Waals surface area (Å²) < 4.78 is 3.31. The normalized spacial score (nSPS) is 12.9. The minimum Gasteiger partial charge on any atom is -0.232 e. The predicted molar refractivity (Wildman–Crippen MR) is 91.6 cm³/mol. The number of aryl methyl sites for hydroxylation is 2. The number of aromatic amines is 1. The van der Waals surface area contributed by atoms with E-state index in [9.17, 15) is 0 Å². The van der Waals surface area contributed by atoms with E-state index < -0.39 is 0 Å². The number of benzene rings is 1. The van der Waals surface area contributed by atoms with Crippen molar-refractivity contribution < 1.29 is 8.96 Å². The van der Waals surface area contributed by atoms with Crippen LogP contribution in [0.2, 0.25) is 0 Å². The van der Waals surface area contributed by atoms with Gasteiger partial charge in [-0.05, 0) is 37.1 Å². The van der Waals surface area contributed by atoms with Crippen molar-refractivity contribution >= 4 is 22.7 Å². The van der Waals surface area contributed by atoms with Gasteiger partial charge in [-0.2, -0.15) is 0 Å². The number of hydrogen-bond donors (Lipinski definition) is 1. The molecule has 1 N–H and O–H groups in total. The number of H-pyrrole nitrogens is 1. The van der Waals surface area contributed by atoms with Crippen molar-refractivity contribution in [2.75, 3.05) is 0 Å². The molecular formula is C18H17N7+2. The third-order valence-corrected chi connectivity index (χ3v) is 3.72. The topological polar surface area (TPSA) is 78.1 Å². The second-order valence-electron chi connectivity index (χ2n) is 5.80. The van der Waals surface area contributed by atoms with E-state index in [-0.39, 0.29) is 0 Å². The SMILES string of the molecule is Cc1ccc(N=[n+]2[nH][n+](=Nc3ccc(C)cn3)c3ccccc32)nc1. The highest BCUT2D eigenvalue weighted by atomic mass is 15.6. The van der Waals surface area contributed by atoms with Crippen LogP contribution >= 0.6 is 0 Å². The van der Waals surface area contributed by atoms with Crippen LogP contribution in [-0.4, -0.2) is 15.2 Å². The van der Waals surface area contributed by atoms with E-state index in [4.69, 9.17) is 0 Å². The highest BCUT2D eigenvalue weighted by molar-refractivity contribution is 5.66. The molecule has 7 heteroatoms. The van der Waals surface area contributed by atoms with Crippen molar-refractivity contribution in [1.82, 2.24) is 15.2 Å². The average Bonchev–Trinajstić information content (AvgIpc) is 2.97. The van der Waals surface area contributed by atoms with E-state index in [0.717, 1.165) is 22.2 Å². The summed E-state index contributed by atoms with van der Waals surface area (Å²) in [5, 5.41) is 12.2. The summed E-state index contributed by atoms with van der Waals surface area (Å²) in [7, 11) is 0. The summed E-state index contributed by atoms with van der Waals surface area (Å²) in [6, 6.07) is 15.6. The molecule has 0 radical (unpaired) electrons. The van der Waals surface area contributed by atoms with Crippen LogP contribution in [0.1, 0.15) is 11.1 Å². The zero-order chi connectivity index (χ0) is 17.2. The molecule has 0 fully saturated rings. The van der Waals surface area contributed by atoms with E-state index in [2.05, 4.69) is 25.4 Å². The van der Waals surface area contributed by atoms with Crippen LogP contribution in [0.3, 0.4) is 0 Å². The molecule has 0 aliphatic carbocycles. The first kappa shape index (κ1) is 15.1. The lowest BCUT2D eigenvalue weighted by molar-refractivity contribution is -0.739. The van der Waals surface area contributed by atoms with Gasteiger partial charge >= 0.3 is 11.0 Å². The largest absolute Gasteiger partial charge is 0.348 e. The maximum Gasteiger partial charge on any atom is 0.348 e. The van der Waals surface area contributed by atoms with Gasteiger partial charge in [0, 0.05) is 24.5 Å². The summed E-state index contributed by atoms with van der Waals surface area (Å²) in [4.78, 5) is 8.65. The Kier molecular flexibility index (Phi) is 3.74. The fourth-order valence-corrected chi connectivity index (χ4v) is 2.42. The molecule has 1 aromatic carbocycles. The number of fused-ring (bicyclic) bond motifs is 1. The summed E-state index contributed by atoms with van der Waals surface area (Å²) in [6.07, 6.45) is 3.58. The standard InChI is InChI=1S/C18H17N7/c1-13-7-9-17(19-11-13)21-24-15-5-3-4-6-16(15)25(23-24)22-18-10-8-14(2)12-20-18/h3-12H,1-2H3,(H,19,20,21,22,23)/q+2. The molecule has 0 spiro atoms. The van der Waals surface area contributed by atoms with Crippen LogP contribution in [0.25, 0.3) is 11.0 Å². The number of nitrogens with zero attached hydrogens (tertiary/aromatic N) is 6. The van der Waals surface area contributed by atoms with Gasteiger partial charge in [-0.15, -0.1) is 0 Å². The summed E-state index contributed by atoms with van der Waals surface area (Å²) in [5.41, 5.74) is 3.97. The Morgan fingerprint density at radius 1 is 0.720 bits per heavy atom. The molecule has 3 aromatic heterocycles. The van der Waals surface area contributed by atoms with Crippen LogP contribution < -0.4 is 8.96 Å². The van der Waals surface area contributed by atoms with Crippen LogP contribution in [0.4, 0.5) is 11.6 Å². The molecule has 4 rings (SSSR count). The fourth-order valence-electron chi connectivity index (χ4n) is 2.42. The molecule has 4 aromatic rings. The number of rotatable bonds is 2. The van der Waals surface area contributed by atoms with Gasteiger partial charge in [-0.1, -0.05) is 24.3 Å². The van der Waals surface area contributed by atoms with E-state index in [1.807, 2.05) is 62.4 Å². The molecule has 7 nitrogen and oxygen atoms in total. The van der Waals surface area contributed by atoms with Gasteiger partial charge in [0.2, 0.25) is 11.6 Å². The van der Waals surface area contributed by atoms with E-state index >= 15 is 0 Å². The first-order valence-electron chi connectivity index (χ1n) is 7.93. The van der Waals surface area contributed by atoms with E-state index in [1.54, 1.807) is 21.4 Å². The molecular weight excluding hydrogens is 314 g/mol. The maximum atomic E-state index is 4.54. The molecule has 0 atom stereocenters. The molecule has 0 aliphatic rings. The Bertz CT molecular complexity index is 1050. The van der Waals surface area contributed by atoms with Gasteiger partial charge in [0.25, 0.3) is 0 Å². The Morgan fingerprint density at radius 3 is 1.60 bits per heavy atom. The second-order valence-corrected chi connectivity index (χ2v) is 5.80. The lowest BCUT2D eigenvalue weighted by atomic mass is 10.3. The number of para-hydroxylation sites is 2. The molecule has 0 saturated carbocycles. The number of pyridine rings is 2. The highest BCUT2D eigenvalue weighted by Gasteiger charge is 2.19. The van der Waals surface area contributed by atoms with Crippen LogP contribution in [-0.2, 0) is 0 Å². The fraction of sp³-hybridized carbons (Fsp3) is 0.111. The Labute approximate surface area is 143 Å². The first-order valence-corrected chi connectivity index (χ1v) is 7.93. The van der Waals surface area contributed by atoms with Crippen LogP contribution in [0, 0.1) is 13.8 Å². The molecule has 0 amide bonds. The molecule has 122 valence electrons. The van der Waals surface area contributed by atoms with Crippen LogP contribution in [0.5, 0.6) is 0 Å². The molecule has 0 saturated heterocycles. The highest BCUT2D eigenvalue weighted by Crippen LogP contribution is 2.09. The van der Waals surface area contributed by atoms with Gasteiger partial charge in [0.1, 0.15) is 0 Å². The van der Waals surface area contributed by atoms with Crippen molar-refractivity contribution in [3.05, 3.63) is 72.1 Å². The Morgan fingerprint density at radius 2 is 1.20 bits per heavy atom. The summed E-state index contributed by atoms with van der Waals surface area (Å²) in [5.74, 6) is 1.23. The zero-order valence-electron chi connectivity index (χ0n) is 14.0. The zero-order valence-corrected chi connectivity index (χ0v) is 14.0. The smallest absolute Gasteiger partial charge is 0.232 e. The second kappa shape index (κ2) is 6.20. The van der Waals surface area contributed by atoms with Gasteiger partial charge in [-0.3, -0.25) is 0 Å². The summed E-state index contributed by atoms with van der Waals surface area (Å²) in [6.45, 7) is 3.99. The van der Waals surface area contributed by atoms with Gasteiger partial charge in [-0.25, -0.2) is 9.97 Å². The average molecular weight is 331 g/mol. The van der Waals surface area contributed by atoms with Gasteiger partial charge in [0.15, 0.2) is 0 Å². The van der Waals surface area contributed by atoms with Crippen molar-refractivity contribution in [2.24, 2.45) is 10.2 Å². The van der Waals surface area contributed by atoms with E-state index in [0.29, 0.717) is 11.6 Å². The van der Waals surface area contributed by atoms with Crippen molar-refractivity contribution in [3.63, 3.8) is 0 Å². The lowest BCUT2D eigenvalue weighted by Gasteiger charge is -1.87. The number of nitrogens with one attached hydrogen (secondary N) is 1. The minimum absolute atomic E-state index is 0.614. The van der Waals surface area contributed by atoms with Gasteiger partial charge in [0.05, 0.1) is 24.4 Å². The van der Waals surface area contributed by atoms with Crippen molar-refractivity contribution in [2.45, 2.75) is 13.8 Å². The molecule has 3 heterocycles. The summed E-state index contributed by atoms with van der Waals surface area (Å²) >= 11 is 0. The molecule has 25 heavy (non-hydrogen) atoms. The third-order valence-electron chi connectivity index (χ3n) is 3.72. The molecule has 0 unspecified atom stereocenters. The lowest BCUT2D eigenvalue weighted by Crippen LogP contribution is -2.27. The Balaban J connectivity index is 1.92. The maximum absolute atomic E-state index is 4.54. The number of aromatic nitrogens is 5. The monoisotopic (exact) mass is 331 g/mol. The van der Waals surface area contributed by atoms with Gasteiger partial charge < -0.3 is 0 Å².